The molecule has 19 heavy (non-hydrogen) atoms. The molecule has 1 aliphatic carbocycles. The zero-order valence-electron chi connectivity index (χ0n) is 11.6. The van der Waals surface area contributed by atoms with Gasteiger partial charge in [-0.25, -0.2) is 9.79 Å². The minimum Gasteiger partial charge on any atom is -0.370 e. The van der Waals surface area contributed by atoms with Crippen molar-refractivity contribution in [2.45, 2.75) is 32.7 Å². The van der Waals surface area contributed by atoms with Gasteiger partial charge in [0.05, 0.1) is 11.7 Å². The molecule has 0 heterocycles. The van der Waals surface area contributed by atoms with Gasteiger partial charge in [-0.05, 0) is 37.8 Å². The molecule has 0 spiro atoms. The third-order valence-electron chi connectivity index (χ3n) is 3.18. The van der Waals surface area contributed by atoms with E-state index < -0.39 is 0 Å². The summed E-state index contributed by atoms with van der Waals surface area (Å²) in [6.07, 6.45) is 2.12. The van der Waals surface area contributed by atoms with Crippen LogP contribution in [0.15, 0.2) is 23.2 Å². The molecule has 2 rings (SSSR count). The van der Waals surface area contributed by atoms with E-state index in [-0.39, 0.29) is 12.0 Å². The van der Waals surface area contributed by atoms with Gasteiger partial charge in [-0.15, -0.1) is 0 Å². The molecule has 0 aromatic heterocycles. The molecule has 1 aromatic rings. The highest BCUT2D eigenvalue weighted by Crippen LogP contribution is 2.24. The van der Waals surface area contributed by atoms with Crippen molar-refractivity contribution in [3.63, 3.8) is 0 Å². The normalized spacial score (nSPS) is 15.2. The fourth-order valence-electron chi connectivity index (χ4n) is 2.06. The summed E-state index contributed by atoms with van der Waals surface area (Å²) < 4.78 is 0. The Morgan fingerprint density at radius 1 is 1.37 bits per heavy atom. The lowest BCUT2D eigenvalue weighted by atomic mass is 10.1. The number of nitrogens with two attached hydrogens (primary N) is 1. The Hall–Kier alpha value is -2.04. The number of hydrogen-bond acceptors (Lipinski definition) is 2. The number of para-hydroxylation sites is 1. The number of urea groups is 1. The summed E-state index contributed by atoms with van der Waals surface area (Å²) in [5.74, 6) is 0.200. The van der Waals surface area contributed by atoms with Crippen molar-refractivity contribution in [3.8, 4) is 0 Å². The largest absolute Gasteiger partial charge is 0.370 e. The van der Waals surface area contributed by atoms with Crippen molar-refractivity contribution in [1.82, 2.24) is 5.32 Å². The minimum atomic E-state index is -0.265. The van der Waals surface area contributed by atoms with E-state index in [0.29, 0.717) is 6.04 Å². The number of nitrogens with zero attached hydrogens (tertiary/aromatic N) is 2. The van der Waals surface area contributed by atoms with Crippen LogP contribution in [0.1, 0.15) is 24.0 Å². The van der Waals surface area contributed by atoms with Crippen LogP contribution < -0.4 is 16.0 Å². The smallest absolute Gasteiger partial charge is 0.328 e. The maximum Gasteiger partial charge on any atom is 0.328 e. The Bertz CT molecular complexity index is 500. The lowest BCUT2D eigenvalue weighted by molar-refractivity contribution is 0.251. The summed E-state index contributed by atoms with van der Waals surface area (Å²) in [4.78, 5) is 17.9. The number of hydrogen-bond donors (Lipinski definition) is 2. The van der Waals surface area contributed by atoms with Gasteiger partial charge in [-0.2, -0.15) is 0 Å². The molecular formula is C14H20N4O. The number of carbonyl (C=O) groups excluding carboxylic acids is 1. The zero-order chi connectivity index (χ0) is 14.0. The third kappa shape index (κ3) is 3.24. The first-order chi connectivity index (χ1) is 8.99. The number of carbonyl (C=O) groups is 1. The number of nitrogens with one attached hydrogen (secondary N) is 1. The molecule has 3 N–H and O–H groups in total. The number of amides is 2. The highest BCUT2D eigenvalue weighted by molar-refractivity contribution is 6.03. The average Bonchev–Trinajstić information content (AvgIpc) is 3.12. The van der Waals surface area contributed by atoms with Crippen LogP contribution in [0, 0.1) is 13.8 Å². The second kappa shape index (κ2) is 5.30. The molecule has 5 nitrogen and oxygen atoms in total. The summed E-state index contributed by atoms with van der Waals surface area (Å²) in [6.45, 7) is 3.96. The van der Waals surface area contributed by atoms with Crippen LogP contribution in [0.25, 0.3) is 0 Å². The van der Waals surface area contributed by atoms with Gasteiger partial charge >= 0.3 is 6.03 Å². The molecule has 5 heteroatoms. The third-order valence-corrected chi connectivity index (χ3v) is 3.18. The fourth-order valence-corrected chi connectivity index (χ4v) is 2.06. The molecule has 102 valence electrons. The van der Waals surface area contributed by atoms with Crippen LogP contribution >= 0.6 is 0 Å². The van der Waals surface area contributed by atoms with Gasteiger partial charge in [-0.3, -0.25) is 10.2 Å². The Balaban J connectivity index is 2.10. The van der Waals surface area contributed by atoms with Crippen molar-refractivity contribution in [1.29, 1.82) is 0 Å². The Morgan fingerprint density at radius 3 is 2.47 bits per heavy atom. The fraction of sp³-hybridized carbons (Fsp3) is 0.429. The minimum absolute atomic E-state index is 0.200. The molecule has 0 saturated heterocycles. The van der Waals surface area contributed by atoms with E-state index in [1.807, 2.05) is 32.0 Å². The van der Waals surface area contributed by atoms with Crippen LogP contribution in [-0.4, -0.2) is 25.1 Å². The zero-order valence-corrected chi connectivity index (χ0v) is 11.6. The molecule has 1 fully saturated rings. The second-order valence-corrected chi connectivity index (χ2v) is 4.98. The summed E-state index contributed by atoms with van der Waals surface area (Å²) in [7, 11) is 1.73. The number of rotatable bonds is 2. The molecule has 2 amide bonds. The summed E-state index contributed by atoms with van der Waals surface area (Å²) in [5, 5.41) is 2.62. The quantitative estimate of drug-likeness (QED) is 0.630. The van der Waals surface area contributed by atoms with Gasteiger partial charge in [0, 0.05) is 7.05 Å². The van der Waals surface area contributed by atoms with Crippen molar-refractivity contribution < 1.29 is 4.79 Å². The van der Waals surface area contributed by atoms with Crippen LogP contribution in [0.2, 0.25) is 0 Å². The summed E-state index contributed by atoms with van der Waals surface area (Å²) in [5.41, 5.74) is 8.70. The van der Waals surface area contributed by atoms with E-state index in [1.165, 1.54) is 0 Å². The van der Waals surface area contributed by atoms with Crippen LogP contribution in [0.4, 0.5) is 10.5 Å². The molecule has 0 aliphatic heterocycles. The SMILES string of the molecule is Cc1cccc(C)c1N(C)C(=O)NC(N)=NC1CC1. The Labute approximate surface area is 113 Å². The predicted octanol–water partition coefficient (Wildman–Crippen LogP) is 1.93. The predicted molar refractivity (Wildman–Crippen MR) is 77.5 cm³/mol. The first-order valence-electron chi connectivity index (χ1n) is 6.43. The van der Waals surface area contributed by atoms with E-state index in [1.54, 1.807) is 11.9 Å². The highest BCUT2D eigenvalue weighted by Gasteiger charge is 2.21. The number of aliphatic imine (C=N–C) groups is 1. The van der Waals surface area contributed by atoms with Crippen molar-refractivity contribution >= 4 is 17.7 Å². The van der Waals surface area contributed by atoms with Gasteiger partial charge < -0.3 is 5.73 Å². The van der Waals surface area contributed by atoms with E-state index in [4.69, 9.17) is 5.73 Å². The van der Waals surface area contributed by atoms with E-state index in [2.05, 4.69) is 10.3 Å². The maximum atomic E-state index is 12.1. The van der Waals surface area contributed by atoms with Crippen LogP contribution in [-0.2, 0) is 0 Å². The molecule has 0 bridgehead atoms. The number of guanidine groups is 1. The number of aryl methyl sites for hydroxylation is 2. The first-order valence-corrected chi connectivity index (χ1v) is 6.43. The highest BCUT2D eigenvalue weighted by atomic mass is 16.2. The lowest BCUT2D eigenvalue weighted by Gasteiger charge is -2.21. The summed E-state index contributed by atoms with van der Waals surface area (Å²) in [6, 6.07) is 5.97. The molecule has 1 aromatic carbocycles. The first kappa shape index (κ1) is 13.4. The Morgan fingerprint density at radius 2 is 1.95 bits per heavy atom. The molecular weight excluding hydrogens is 240 g/mol. The molecule has 0 radical (unpaired) electrons. The topological polar surface area (TPSA) is 70.7 Å². The van der Waals surface area contributed by atoms with Gasteiger partial charge in [0.15, 0.2) is 5.96 Å². The monoisotopic (exact) mass is 260 g/mol. The standard InChI is InChI=1S/C14H20N4O/c1-9-5-4-6-10(2)12(9)18(3)14(19)17-13(15)16-11-7-8-11/h4-6,11H,7-8H2,1-3H3,(H3,15,16,17,19). The van der Waals surface area contributed by atoms with E-state index in [0.717, 1.165) is 29.7 Å². The molecule has 1 aliphatic rings. The molecule has 0 atom stereocenters. The maximum absolute atomic E-state index is 12.1. The number of anilines is 1. The van der Waals surface area contributed by atoms with Crippen molar-refractivity contribution in [3.05, 3.63) is 29.3 Å². The second-order valence-electron chi connectivity index (χ2n) is 4.98. The average molecular weight is 260 g/mol. The van der Waals surface area contributed by atoms with Gasteiger partial charge in [-0.1, -0.05) is 18.2 Å². The van der Waals surface area contributed by atoms with Crippen molar-refractivity contribution in [2.75, 3.05) is 11.9 Å². The van der Waals surface area contributed by atoms with Crippen LogP contribution in [0.3, 0.4) is 0 Å². The van der Waals surface area contributed by atoms with Gasteiger partial charge in [0.1, 0.15) is 0 Å². The molecule has 1 saturated carbocycles. The van der Waals surface area contributed by atoms with Crippen molar-refractivity contribution in [2.24, 2.45) is 10.7 Å². The van der Waals surface area contributed by atoms with E-state index in [9.17, 15) is 4.79 Å². The lowest BCUT2D eigenvalue weighted by Crippen LogP contribution is -2.45. The van der Waals surface area contributed by atoms with Crippen LogP contribution in [0.5, 0.6) is 0 Å². The Kier molecular flexibility index (Phi) is 3.74. The van der Waals surface area contributed by atoms with E-state index >= 15 is 0 Å². The van der Waals surface area contributed by atoms with Gasteiger partial charge in [0.2, 0.25) is 0 Å². The summed E-state index contributed by atoms with van der Waals surface area (Å²) >= 11 is 0. The van der Waals surface area contributed by atoms with Gasteiger partial charge in [0.25, 0.3) is 0 Å². The number of benzene rings is 1. The molecule has 0 unspecified atom stereocenters.